The maximum Gasteiger partial charge on any atom is 0.263 e. The molecule has 1 aliphatic rings. The molecule has 1 aromatic rings. The Morgan fingerprint density at radius 1 is 1.24 bits per heavy atom. The van der Waals surface area contributed by atoms with E-state index in [1.54, 1.807) is 0 Å². The van der Waals surface area contributed by atoms with Crippen LogP contribution in [0.3, 0.4) is 0 Å². The molecule has 2 atom stereocenters. The number of halogens is 1. The van der Waals surface area contributed by atoms with Crippen molar-refractivity contribution in [2.24, 2.45) is 11.7 Å². The van der Waals surface area contributed by atoms with Crippen LogP contribution < -0.4 is 10.5 Å². The molecular weight excluding hydrogens is 336 g/mol. The number of nitrogens with two attached hydrogens (primary N) is 1. The van der Waals surface area contributed by atoms with E-state index in [4.69, 9.17) is 10.5 Å². The average Bonchev–Trinajstić information content (AvgIpc) is 2.53. The summed E-state index contributed by atoms with van der Waals surface area (Å²) in [6.45, 7) is 12.0. The summed E-state index contributed by atoms with van der Waals surface area (Å²) in [7, 11) is 0. The molecule has 1 fully saturated rings. The van der Waals surface area contributed by atoms with Gasteiger partial charge in [-0.3, -0.25) is 4.79 Å². The van der Waals surface area contributed by atoms with Crippen LogP contribution in [0, 0.1) is 5.92 Å². The second-order valence-electron chi connectivity index (χ2n) is 8.06. The number of piperidine rings is 1. The van der Waals surface area contributed by atoms with Crippen LogP contribution in [0.25, 0.3) is 0 Å². The second-order valence-corrected chi connectivity index (χ2v) is 8.06. The van der Waals surface area contributed by atoms with E-state index in [1.807, 2.05) is 30.0 Å². The molecular formula is C20H33ClN2O2. The van der Waals surface area contributed by atoms with Gasteiger partial charge in [-0.1, -0.05) is 32.9 Å². The fourth-order valence-electron chi connectivity index (χ4n) is 3.19. The molecule has 0 saturated carbocycles. The lowest BCUT2D eigenvalue weighted by atomic mass is 9.87. The van der Waals surface area contributed by atoms with Crippen molar-refractivity contribution in [2.45, 2.75) is 65.0 Å². The fraction of sp³-hybridized carbons (Fsp3) is 0.650. The maximum atomic E-state index is 12.6. The lowest BCUT2D eigenvalue weighted by molar-refractivity contribution is -0.139. The van der Waals surface area contributed by atoms with E-state index in [1.165, 1.54) is 5.56 Å². The summed E-state index contributed by atoms with van der Waals surface area (Å²) in [5.74, 6) is 1.35. The Bertz CT molecular complexity index is 561. The Hall–Kier alpha value is -1.26. The largest absolute Gasteiger partial charge is 0.481 e. The van der Waals surface area contributed by atoms with Gasteiger partial charge >= 0.3 is 0 Å². The van der Waals surface area contributed by atoms with Crippen molar-refractivity contribution in [3.05, 3.63) is 29.8 Å². The molecule has 0 aromatic heterocycles. The molecule has 1 aromatic carbocycles. The number of carbonyl (C=O) groups excluding carboxylic acids is 1. The molecule has 0 bridgehead atoms. The Labute approximate surface area is 158 Å². The lowest BCUT2D eigenvalue weighted by Gasteiger charge is -2.35. The third-order valence-electron chi connectivity index (χ3n) is 4.96. The molecule has 2 N–H and O–H groups in total. The minimum Gasteiger partial charge on any atom is -0.481 e. The number of rotatable bonds is 4. The predicted octanol–water partition coefficient (Wildman–Crippen LogP) is 3.76. The first-order valence-corrected chi connectivity index (χ1v) is 9.00. The van der Waals surface area contributed by atoms with Crippen LogP contribution in [-0.4, -0.2) is 36.0 Å². The Morgan fingerprint density at radius 3 is 2.36 bits per heavy atom. The van der Waals surface area contributed by atoms with Crippen LogP contribution >= 0.6 is 12.4 Å². The first kappa shape index (κ1) is 21.8. The van der Waals surface area contributed by atoms with Crippen molar-refractivity contribution in [3.8, 4) is 5.75 Å². The Kier molecular flexibility index (Phi) is 7.76. The van der Waals surface area contributed by atoms with Crippen molar-refractivity contribution in [2.75, 3.05) is 13.1 Å². The maximum absolute atomic E-state index is 12.6. The molecule has 1 heterocycles. The highest BCUT2D eigenvalue weighted by molar-refractivity contribution is 5.85. The van der Waals surface area contributed by atoms with Crippen LogP contribution in [-0.2, 0) is 10.2 Å². The first-order valence-electron chi connectivity index (χ1n) is 9.00. The van der Waals surface area contributed by atoms with Crippen molar-refractivity contribution in [1.29, 1.82) is 0 Å². The predicted molar refractivity (Wildman–Crippen MR) is 105 cm³/mol. The summed E-state index contributed by atoms with van der Waals surface area (Å²) in [6.07, 6.45) is 1.50. The van der Waals surface area contributed by atoms with Gasteiger partial charge < -0.3 is 15.4 Å². The molecule has 1 saturated heterocycles. The van der Waals surface area contributed by atoms with Gasteiger partial charge in [-0.15, -0.1) is 12.4 Å². The van der Waals surface area contributed by atoms with E-state index in [2.05, 4.69) is 33.8 Å². The monoisotopic (exact) mass is 368 g/mol. The van der Waals surface area contributed by atoms with Gasteiger partial charge in [0.15, 0.2) is 6.10 Å². The van der Waals surface area contributed by atoms with Crippen molar-refractivity contribution < 1.29 is 9.53 Å². The molecule has 5 heteroatoms. The van der Waals surface area contributed by atoms with E-state index in [9.17, 15) is 4.79 Å². The molecule has 0 spiro atoms. The quantitative estimate of drug-likeness (QED) is 0.880. The van der Waals surface area contributed by atoms with Gasteiger partial charge in [0.1, 0.15) is 5.75 Å². The molecule has 0 radical (unpaired) electrons. The minimum atomic E-state index is -0.466. The number of benzene rings is 1. The van der Waals surface area contributed by atoms with Crippen LogP contribution in [0.5, 0.6) is 5.75 Å². The summed E-state index contributed by atoms with van der Waals surface area (Å²) < 4.78 is 5.92. The highest BCUT2D eigenvalue weighted by atomic mass is 35.5. The van der Waals surface area contributed by atoms with Gasteiger partial charge in [0, 0.05) is 19.1 Å². The van der Waals surface area contributed by atoms with Gasteiger partial charge in [0.05, 0.1) is 0 Å². The van der Waals surface area contributed by atoms with Gasteiger partial charge in [0.25, 0.3) is 5.91 Å². The topological polar surface area (TPSA) is 55.6 Å². The van der Waals surface area contributed by atoms with Gasteiger partial charge in [-0.2, -0.15) is 0 Å². The summed E-state index contributed by atoms with van der Waals surface area (Å²) in [5, 5.41) is 0. The molecule has 25 heavy (non-hydrogen) atoms. The van der Waals surface area contributed by atoms with E-state index < -0.39 is 6.10 Å². The lowest BCUT2D eigenvalue weighted by Crippen LogP contribution is -2.46. The molecule has 2 rings (SSSR count). The summed E-state index contributed by atoms with van der Waals surface area (Å²) >= 11 is 0. The molecule has 2 unspecified atom stereocenters. The van der Waals surface area contributed by atoms with Crippen molar-refractivity contribution >= 4 is 18.3 Å². The van der Waals surface area contributed by atoms with Gasteiger partial charge in [-0.05, 0) is 55.7 Å². The number of ether oxygens (including phenoxy) is 1. The van der Waals surface area contributed by atoms with E-state index >= 15 is 0 Å². The van der Waals surface area contributed by atoms with E-state index in [0.29, 0.717) is 5.92 Å². The van der Waals surface area contributed by atoms with Gasteiger partial charge in [0.2, 0.25) is 0 Å². The summed E-state index contributed by atoms with van der Waals surface area (Å²) in [6, 6.07) is 8.24. The average molecular weight is 369 g/mol. The molecule has 1 aliphatic heterocycles. The van der Waals surface area contributed by atoms with Crippen LogP contribution in [0.4, 0.5) is 0 Å². The number of likely N-dealkylation sites (tertiary alicyclic amines) is 1. The van der Waals surface area contributed by atoms with Crippen LogP contribution in [0.1, 0.15) is 53.0 Å². The SMILES string of the molecule is CC(Oc1cccc(C(C)(C)C)c1)C(=O)N1CCC(C(C)N)CC1.Cl. The molecule has 0 aliphatic carbocycles. The summed E-state index contributed by atoms with van der Waals surface area (Å²) in [5.41, 5.74) is 7.24. The summed E-state index contributed by atoms with van der Waals surface area (Å²) in [4.78, 5) is 14.5. The van der Waals surface area contributed by atoms with E-state index in [0.717, 1.165) is 31.7 Å². The van der Waals surface area contributed by atoms with Crippen molar-refractivity contribution in [1.82, 2.24) is 4.90 Å². The second kappa shape index (κ2) is 8.91. The van der Waals surface area contributed by atoms with Gasteiger partial charge in [-0.25, -0.2) is 0 Å². The number of hydrogen-bond acceptors (Lipinski definition) is 3. The third-order valence-corrected chi connectivity index (χ3v) is 4.96. The smallest absolute Gasteiger partial charge is 0.263 e. The van der Waals surface area contributed by atoms with Crippen LogP contribution in [0.15, 0.2) is 24.3 Å². The zero-order valence-electron chi connectivity index (χ0n) is 16.1. The van der Waals surface area contributed by atoms with Crippen molar-refractivity contribution in [3.63, 3.8) is 0 Å². The zero-order valence-corrected chi connectivity index (χ0v) is 16.9. The molecule has 4 nitrogen and oxygen atoms in total. The zero-order chi connectivity index (χ0) is 17.9. The Morgan fingerprint density at radius 2 is 1.84 bits per heavy atom. The Balaban J connectivity index is 0.00000312. The standard InChI is InChI=1S/C20H32N2O2.ClH/c1-14(21)16-9-11-22(12-10-16)19(23)15(2)24-18-8-6-7-17(13-18)20(3,4)5;/h6-8,13-16H,9-12,21H2,1-5H3;1H. The normalized spacial score (nSPS) is 18.2. The number of amides is 1. The number of hydrogen-bond donors (Lipinski definition) is 1. The third kappa shape index (κ3) is 5.89. The highest BCUT2D eigenvalue weighted by Crippen LogP contribution is 2.26. The minimum absolute atomic E-state index is 0. The highest BCUT2D eigenvalue weighted by Gasteiger charge is 2.28. The number of nitrogens with zero attached hydrogens (tertiary/aromatic N) is 1. The molecule has 1 amide bonds. The first-order chi connectivity index (χ1) is 11.2. The van der Waals surface area contributed by atoms with E-state index in [-0.39, 0.29) is 29.8 Å². The molecule has 142 valence electrons. The fourth-order valence-corrected chi connectivity index (χ4v) is 3.19. The number of carbonyl (C=O) groups is 1. The van der Waals surface area contributed by atoms with Crippen LogP contribution in [0.2, 0.25) is 0 Å².